The second-order valence-corrected chi connectivity index (χ2v) is 6.48. The normalized spacial score (nSPS) is 22.8. The van der Waals surface area contributed by atoms with Crippen molar-refractivity contribution >= 4 is 28.6 Å². The number of hydrogen-bond donors (Lipinski definition) is 1. The molecule has 1 aromatic rings. The van der Waals surface area contributed by atoms with Crippen molar-refractivity contribution in [1.29, 1.82) is 0 Å². The van der Waals surface area contributed by atoms with E-state index < -0.39 is 0 Å². The van der Waals surface area contributed by atoms with Crippen LogP contribution in [-0.2, 0) is 0 Å². The van der Waals surface area contributed by atoms with Crippen molar-refractivity contribution in [2.45, 2.75) is 25.3 Å². The highest BCUT2D eigenvalue weighted by atomic mass is 127. The number of allylic oxidation sites excluding steroid dienone is 2. The van der Waals surface area contributed by atoms with Crippen LogP contribution < -0.4 is 8.43 Å². The molecular formula is C18H20FIN2. The average Bonchev–Trinajstić information content (AvgIpc) is 2.91. The quantitative estimate of drug-likeness (QED) is 0.414. The second kappa shape index (κ2) is 7.42. The van der Waals surface area contributed by atoms with E-state index in [0.29, 0.717) is 12.0 Å². The number of nitrogens with zero attached hydrogens (tertiary/aromatic N) is 1. The molecule has 1 aliphatic heterocycles. The Morgan fingerprint density at radius 3 is 2.64 bits per heavy atom. The monoisotopic (exact) mass is 410 g/mol. The van der Waals surface area contributed by atoms with E-state index in [1.165, 1.54) is 30.5 Å². The van der Waals surface area contributed by atoms with E-state index in [0.717, 1.165) is 18.7 Å². The highest BCUT2D eigenvalue weighted by Crippen LogP contribution is 2.38. The van der Waals surface area contributed by atoms with Crippen LogP contribution in [0.2, 0.25) is 0 Å². The first-order valence-corrected chi connectivity index (χ1v) is 8.80. The summed E-state index contributed by atoms with van der Waals surface area (Å²) in [5, 5.41) is 0. The summed E-state index contributed by atoms with van der Waals surface area (Å²) in [4.78, 5) is 2.27. The standard InChI is InChI=1S/C18H20FIN2/c19-15-8-10-16(11-9-15)22-13-14(5-3-4-12-21-20)17-6-1-2-7-18(17)22/h1-2,6-11,13,17-18,21H,3-5,12H2. The predicted octanol–water partition coefficient (Wildman–Crippen LogP) is 4.75. The Hall–Kier alpha value is -1.14. The van der Waals surface area contributed by atoms with Crippen LogP contribution in [0.1, 0.15) is 19.3 Å². The Labute approximate surface area is 145 Å². The van der Waals surface area contributed by atoms with Gasteiger partial charge in [0.05, 0.1) is 6.04 Å². The van der Waals surface area contributed by atoms with Crippen molar-refractivity contribution in [3.05, 3.63) is 66.2 Å². The first-order chi connectivity index (χ1) is 10.8. The minimum Gasteiger partial charge on any atom is -0.340 e. The lowest BCUT2D eigenvalue weighted by Crippen LogP contribution is -2.30. The molecule has 22 heavy (non-hydrogen) atoms. The topological polar surface area (TPSA) is 15.3 Å². The van der Waals surface area contributed by atoms with Gasteiger partial charge in [0, 0.05) is 47.2 Å². The molecule has 4 heteroatoms. The van der Waals surface area contributed by atoms with Gasteiger partial charge in [0.25, 0.3) is 0 Å². The lowest BCUT2D eigenvalue weighted by atomic mass is 9.88. The van der Waals surface area contributed by atoms with Crippen molar-refractivity contribution in [1.82, 2.24) is 3.53 Å². The molecule has 116 valence electrons. The number of fused-ring (bicyclic) bond motifs is 1. The molecule has 2 unspecified atom stereocenters. The highest BCUT2D eigenvalue weighted by molar-refractivity contribution is 14.1. The van der Waals surface area contributed by atoms with Crippen molar-refractivity contribution in [3.63, 3.8) is 0 Å². The number of benzene rings is 1. The molecule has 2 nitrogen and oxygen atoms in total. The summed E-state index contributed by atoms with van der Waals surface area (Å²) < 4.78 is 16.3. The van der Waals surface area contributed by atoms with Crippen molar-refractivity contribution in [2.75, 3.05) is 11.4 Å². The molecule has 0 spiro atoms. The third kappa shape index (κ3) is 3.43. The van der Waals surface area contributed by atoms with Crippen molar-refractivity contribution in [2.24, 2.45) is 5.92 Å². The summed E-state index contributed by atoms with van der Waals surface area (Å²) in [7, 11) is 0. The van der Waals surface area contributed by atoms with Crippen LogP contribution in [0.5, 0.6) is 0 Å². The van der Waals surface area contributed by atoms with E-state index in [9.17, 15) is 4.39 Å². The van der Waals surface area contributed by atoms with Crippen molar-refractivity contribution < 1.29 is 4.39 Å². The largest absolute Gasteiger partial charge is 0.340 e. The van der Waals surface area contributed by atoms with Crippen LogP contribution in [0.25, 0.3) is 0 Å². The highest BCUT2D eigenvalue weighted by Gasteiger charge is 2.33. The first kappa shape index (κ1) is 15.7. The molecule has 0 fully saturated rings. The molecule has 0 saturated carbocycles. The molecule has 0 saturated heterocycles. The van der Waals surface area contributed by atoms with Crippen LogP contribution in [0.15, 0.2) is 60.3 Å². The van der Waals surface area contributed by atoms with Crippen LogP contribution in [0, 0.1) is 11.7 Å². The fraction of sp³-hybridized carbons (Fsp3) is 0.333. The van der Waals surface area contributed by atoms with Gasteiger partial charge < -0.3 is 4.90 Å². The third-order valence-electron chi connectivity index (χ3n) is 4.27. The van der Waals surface area contributed by atoms with Crippen molar-refractivity contribution in [3.8, 4) is 0 Å². The van der Waals surface area contributed by atoms with E-state index in [-0.39, 0.29) is 5.82 Å². The zero-order chi connectivity index (χ0) is 15.4. The molecule has 2 aliphatic rings. The van der Waals surface area contributed by atoms with E-state index >= 15 is 0 Å². The summed E-state index contributed by atoms with van der Waals surface area (Å²) in [5.74, 6) is 0.261. The Kier molecular flexibility index (Phi) is 5.31. The zero-order valence-corrected chi connectivity index (χ0v) is 14.5. The van der Waals surface area contributed by atoms with E-state index in [1.54, 1.807) is 0 Å². The molecule has 1 aliphatic carbocycles. The van der Waals surface area contributed by atoms with Gasteiger partial charge in [-0.25, -0.2) is 4.39 Å². The molecule has 0 aromatic heterocycles. The van der Waals surface area contributed by atoms with E-state index in [4.69, 9.17) is 0 Å². The number of unbranched alkanes of at least 4 members (excludes halogenated alkanes) is 1. The molecule has 1 heterocycles. The number of nitrogens with one attached hydrogen (secondary N) is 1. The summed E-state index contributed by atoms with van der Waals surface area (Å²) >= 11 is 2.20. The maximum Gasteiger partial charge on any atom is 0.123 e. The summed E-state index contributed by atoms with van der Waals surface area (Å²) in [6.07, 6.45) is 14.5. The van der Waals surface area contributed by atoms with Gasteiger partial charge in [0.1, 0.15) is 5.82 Å². The molecule has 1 N–H and O–H groups in total. The van der Waals surface area contributed by atoms with E-state index in [2.05, 4.69) is 61.8 Å². The summed E-state index contributed by atoms with van der Waals surface area (Å²) in [6.45, 7) is 1.05. The molecular weight excluding hydrogens is 390 g/mol. The van der Waals surface area contributed by atoms with Gasteiger partial charge in [0.2, 0.25) is 0 Å². The summed E-state index contributed by atoms with van der Waals surface area (Å²) in [5.41, 5.74) is 2.53. The van der Waals surface area contributed by atoms with E-state index in [1.807, 2.05) is 12.1 Å². The molecule has 2 atom stereocenters. The van der Waals surface area contributed by atoms with Gasteiger partial charge in [-0.05, 0) is 49.1 Å². The Morgan fingerprint density at radius 2 is 1.86 bits per heavy atom. The lowest BCUT2D eigenvalue weighted by molar-refractivity contribution is 0.623. The fourth-order valence-corrected chi connectivity index (χ4v) is 3.55. The van der Waals surface area contributed by atoms with Gasteiger partial charge >= 0.3 is 0 Å². The second-order valence-electron chi connectivity index (χ2n) is 5.71. The fourth-order valence-electron chi connectivity index (χ4n) is 3.17. The maximum absolute atomic E-state index is 13.2. The minimum absolute atomic E-state index is 0.186. The molecule has 1 aromatic carbocycles. The SMILES string of the molecule is Fc1ccc(N2C=C(CCCCNI)C3C=CC=CC32)cc1. The molecule has 0 amide bonds. The number of anilines is 1. The van der Waals surface area contributed by atoms with Crippen LogP contribution in [-0.4, -0.2) is 12.6 Å². The van der Waals surface area contributed by atoms with Crippen LogP contribution in [0.4, 0.5) is 10.1 Å². The summed E-state index contributed by atoms with van der Waals surface area (Å²) in [6, 6.07) is 7.11. The smallest absolute Gasteiger partial charge is 0.123 e. The van der Waals surface area contributed by atoms with Gasteiger partial charge in [-0.2, -0.15) is 0 Å². The van der Waals surface area contributed by atoms with Crippen LogP contribution in [0.3, 0.4) is 0 Å². The Bertz CT molecular complexity index is 592. The molecule has 0 radical (unpaired) electrons. The number of halogens is 2. The van der Waals surface area contributed by atoms with Gasteiger partial charge in [0.15, 0.2) is 0 Å². The molecule has 3 rings (SSSR count). The first-order valence-electron chi connectivity index (χ1n) is 7.72. The average molecular weight is 410 g/mol. The number of rotatable bonds is 6. The van der Waals surface area contributed by atoms with Crippen LogP contribution >= 0.6 is 22.9 Å². The Balaban J connectivity index is 1.77. The van der Waals surface area contributed by atoms with Gasteiger partial charge in [-0.3, -0.25) is 3.53 Å². The zero-order valence-electron chi connectivity index (χ0n) is 12.4. The third-order valence-corrected chi connectivity index (χ3v) is 4.81. The number of hydrogen-bond acceptors (Lipinski definition) is 2. The maximum atomic E-state index is 13.2. The molecule has 0 bridgehead atoms. The van der Waals surface area contributed by atoms with Gasteiger partial charge in [-0.15, -0.1) is 0 Å². The predicted molar refractivity (Wildman–Crippen MR) is 98.4 cm³/mol. The Morgan fingerprint density at radius 1 is 1.09 bits per heavy atom. The minimum atomic E-state index is -0.186. The lowest BCUT2D eigenvalue weighted by Gasteiger charge is -2.28. The van der Waals surface area contributed by atoms with Gasteiger partial charge in [-0.1, -0.05) is 24.3 Å².